The zero-order chi connectivity index (χ0) is 31.0. The van der Waals surface area contributed by atoms with Gasteiger partial charge in [-0.05, 0) is 42.5 Å². The number of ether oxygens (including phenoxy) is 2. The van der Waals surface area contributed by atoms with Crippen LogP contribution in [0.1, 0.15) is 5.56 Å². The van der Waals surface area contributed by atoms with E-state index >= 15 is 0 Å². The highest BCUT2D eigenvalue weighted by atomic mass is 79.9. The fourth-order valence-corrected chi connectivity index (χ4v) is 4.74. The van der Waals surface area contributed by atoms with Crippen LogP contribution in [0, 0.1) is 20.2 Å². The van der Waals surface area contributed by atoms with Crippen LogP contribution in [0.4, 0.5) is 11.4 Å². The predicted octanol–water partition coefficient (Wildman–Crippen LogP) is 6.47. The average Bonchev–Trinajstić information content (AvgIpc) is 3.44. The van der Waals surface area contributed by atoms with Crippen LogP contribution >= 0.6 is 15.9 Å². The molecular formula is C29H17BrN6O8. The minimum Gasteiger partial charge on any atom is -0.493 e. The molecule has 14 nitrogen and oxygen atoms in total. The molecule has 44 heavy (non-hydrogen) atoms. The van der Waals surface area contributed by atoms with Crippen molar-refractivity contribution in [3.05, 3.63) is 120 Å². The molecule has 0 bridgehead atoms. The maximum atomic E-state index is 13.6. The van der Waals surface area contributed by atoms with Crippen LogP contribution in [0.5, 0.6) is 17.4 Å². The van der Waals surface area contributed by atoms with Crippen molar-refractivity contribution in [1.29, 1.82) is 0 Å². The van der Waals surface area contributed by atoms with E-state index in [-0.39, 0.29) is 40.2 Å². The largest absolute Gasteiger partial charge is 0.493 e. The van der Waals surface area contributed by atoms with Gasteiger partial charge in [0.1, 0.15) is 11.8 Å². The number of nitro benzene ring substituents is 1. The molecule has 0 saturated heterocycles. The van der Waals surface area contributed by atoms with Gasteiger partial charge in [0.15, 0.2) is 11.5 Å². The van der Waals surface area contributed by atoms with Gasteiger partial charge in [-0.3, -0.25) is 25.0 Å². The Balaban J connectivity index is 1.45. The normalized spacial score (nSPS) is 11.3. The van der Waals surface area contributed by atoms with Crippen molar-refractivity contribution in [2.24, 2.45) is 5.10 Å². The van der Waals surface area contributed by atoms with E-state index < -0.39 is 21.1 Å². The van der Waals surface area contributed by atoms with E-state index in [0.29, 0.717) is 16.5 Å². The summed E-state index contributed by atoms with van der Waals surface area (Å²) >= 11 is 3.44. The Morgan fingerprint density at radius 3 is 2.57 bits per heavy atom. The standard InChI is InChI=1S/C29H17BrN6O8/c1-42-24-11-16(10-22(36(40)41)27(24)44-26-9-7-19(15-31-26)35(38)39)14-32-34-28(33-21-5-3-2-4-20(21)29(34)37)25-13-17-12-18(30)6-8-23(17)43-25/h2-15H,1H3. The molecule has 6 rings (SSSR count). The highest BCUT2D eigenvalue weighted by molar-refractivity contribution is 9.10. The van der Waals surface area contributed by atoms with E-state index in [9.17, 15) is 25.0 Å². The number of hydrogen-bond acceptors (Lipinski definition) is 11. The van der Waals surface area contributed by atoms with Crippen LogP contribution in [0.15, 0.2) is 97.8 Å². The second-order valence-corrected chi connectivity index (χ2v) is 10.1. The van der Waals surface area contributed by atoms with Gasteiger partial charge in [-0.2, -0.15) is 9.78 Å². The maximum absolute atomic E-state index is 13.6. The first kappa shape index (κ1) is 28.2. The number of fused-ring (bicyclic) bond motifs is 2. The van der Waals surface area contributed by atoms with Crippen molar-refractivity contribution in [3.8, 4) is 29.0 Å². The van der Waals surface area contributed by atoms with Crippen molar-refractivity contribution in [1.82, 2.24) is 14.6 Å². The lowest BCUT2D eigenvalue weighted by molar-refractivity contribution is -0.385. The molecule has 3 aromatic carbocycles. The van der Waals surface area contributed by atoms with Crippen molar-refractivity contribution >= 4 is 55.4 Å². The summed E-state index contributed by atoms with van der Waals surface area (Å²) in [5, 5.41) is 28.4. The molecule has 0 spiro atoms. The summed E-state index contributed by atoms with van der Waals surface area (Å²) in [6.45, 7) is 0. The van der Waals surface area contributed by atoms with Crippen molar-refractivity contribution in [2.75, 3.05) is 7.11 Å². The number of nitro groups is 2. The van der Waals surface area contributed by atoms with Gasteiger partial charge in [0, 0.05) is 33.6 Å². The molecule has 15 heteroatoms. The molecule has 0 fully saturated rings. The number of furan rings is 1. The number of pyridine rings is 1. The van der Waals surface area contributed by atoms with Crippen molar-refractivity contribution in [2.45, 2.75) is 0 Å². The average molecular weight is 657 g/mol. The van der Waals surface area contributed by atoms with Crippen molar-refractivity contribution in [3.63, 3.8) is 0 Å². The Morgan fingerprint density at radius 1 is 1.02 bits per heavy atom. The van der Waals surface area contributed by atoms with Gasteiger partial charge in [0.25, 0.3) is 11.2 Å². The van der Waals surface area contributed by atoms with Gasteiger partial charge in [-0.1, -0.05) is 28.1 Å². The lowest BCUT2D eigenvalue weighted by Crippen LogP contribution is -2.20. The van der Waals surface area contributed by atoms with E-state index in [0.717, 1.165) is 26.8 Å². The molecule has 3 aromatic heterocycles. The summed E-state index contributed by atoms with van der Waals surface area (Å²) in [5.41, 5.74) is -0.0817. The third-order valence-electron chi connectivity index (χ3n) is 6.39. The summed E-state index contributed by atoms with van der Waals surface area (Å²) in [6, 6.07) is 18.9. The second-order valence-electron chi connectivity index (χ2n) is 9.15. The smallest absolute Gasteiger partial charge is 0.316 e. The van der Waals surface area contributed by atoms with Crippen LogP contribution in [-0.4, -0.2) is 37.8 Å². The van der Waals surface area contributed by atoms with E-state index in [1.807, 2.05) is 12.1 Å². The summed E-state index contributed by atoms with van der Waals surface area (Å²) < 4.78 is 18.8. The zero-order valence-electron chi connectivity index (χ0n) is 22.4. The minimum atomic E-state index is -0.692. The number of rotatable bonds is 8. The highest BCUT2D eigenvalue weighted by Crippen LogP contribution is 2.40. The molecule has 0 N–H and O–H groups in total. The van der Waals surface area contributed by atoms with Gasteiger partial charge in [-0.15, -0.1) is 0 Å². The first-order chi connectivity index (χ1) is 21.2. The Kier molecular flexibility index (Phi) is 7.28. The molecule has 0 amide bonds. The fourth-order valence-electron chi connectivity index (χ4n) is 4.36. The SMILES string of the molecule is COc1cc(C=Nn2c(-c3cc4cc(Br)ccc4o3)nc3ccccc3c2=O)cc([N+](=O)[O-])c1Oc1ccc([N+](=O)[O-])cn1. The van der Waals surface area contributed by atoms with E-state index in [1.54, 1.807) is 36.4 Å². The van der Waals surface area contributed by atoms with E-state index in [2.05, 4.69) is 31.0 Å². The third kappa shape index (κ3) is 5.34. The van der Waals surface area contributed by atoms with Gasteiger partial charge < -0.3 is 13.9 Å². The van der Waals surface area contributed by atoms with Crippen molar-refractivity contribution < 1.29 is 23.7 Å². The molecule has 0 saturated carbocycles. The molecule has 0 unspecified atom stereocenters. The lowest BCUT2D eigenvalue weighted by Gasteiger charge is -2.11. The second kappa shape index (κ2) is 11.4. The monoisotopic (exact) mass is 656 g/mol. The van der Waals surface area contributed by atoms with Crippen LogP contribution in [0.2, 0.25) is 0 Å². The van der Waals surface area contributed by atoms with E-state index in [4.69, 9.17) is 13.9 Å². The van der Waals surface area contributed by atoms with Crippen LogP contribution < -0.4 is 15.0 Å². The minimum absolute atomic E-state index is 0.0483. The summed E-state index contributed by atoms with van der Waals surface area (Å²) in [5.74, 6) is -0.0683. The maximum Gasteiger partial charge on any atom is 0.316 e. The van der Waals surface area contributed by atoms with Gasteiger partial charge in [0.2, 0.25) is 17.5 Å². The summed E-state index contributed by atoms with van der Waals surface area (Å²) in [6.07, 6.45) is 2.20. The van der Waals surface area contributed by atoms with Gasteiger partial charge in [-0.25, -0.2) is 9.97 Å². The number of nitrogens with zero attached hydrogens (tertiary/aromatic N) is 6. The Bertz CT molecular complexity index is 2190. The molecule has 6 aromatic rings. The number of hydrogen-bond donors (Lipinski definition) is 0. The molecule has 0 aliphatic rings. The number of para-hydroxylation sites is 1. The quantitative estimate of drug-likeness (QED) is 0.100. The first-order valence-electron chi connectivity index (χ1n) is 12.6. The Morgan fingerprint density at radius 2 is 1.84 bits per heavy atom. The number of aromatic nitrogens is 3. The lowest BCUT2D eigenvalue weighted by atomic mass is 10.2. The fraction of sp³-hybridized carbons (Fsp3) is 0.0345. The molecule has 0 atom stereocenters. The molecular weight excluding hydrogens is 640 g/mol. The molecule has 3 heterocycles. The molecule has 0 aliphatic heterocycles. The summed E-state index contributed by atoms with van der Waals surface area (Å²) in [4.78, 5) is 43.7. The predicted molar refractivity (Wildman–Crippen MR) is 163 cm³/mol. The number of halogens is 1. The summed E-state index contributed by atoms with van der Waals surface area (Å²) in [7, 11) is 1.28. The van der Waals surface area contributed by atoms with Crippen LogP contribution in [0.3, 0.4) is 0 Å². The van der Waals surface area contributed by atoms with Gasteiger partial charge in [0.05, 0.1) is 34.1 Å². The number of benzene rings is 3. The zero-order valence-corrected chi connectivity index (χ0v) is 24.0. The first-order valence-corrected chi connectivity index (χ1v) is 13.4. The number of methoxy groups -OCH3 is 1. The molecule has 218 valence electrons. The highest BCUT2D eigenvalue weighted by Gasteiger charge is 2.24. The Hall–Kier alpha value is -5.96. The van der Waals surface area contributed by atoms with Crippen LogP contribution in [-0.2, 0) is 0 Å². The van der Waals surface area contributed by atoms with Crippen LogP contribution in [0.25, 0.3) is 33.5 Å². The molecule has 0 radical (unpaired) electrons. The van der Waals surface area contributed by atoms with E-state index in [1.165, 1.54) is 31.5 Å². The Labute approximate surface area is 254 Å². The molecule has 0 aliphatic carbocycles. The topological polar surface area (TPSA) is 178 Å². The third-order valence-corrected chi connectivity index (χ3v) is 6.88. The van der Waals surface area contributed by atoms with Gasteiger partial charge >= 0.3 is 5.69 Å².